The maximum Gasteiger partial charge on any atom is 0.327 e. The number of fused-ring (bicyclic) bond motifs is 1. The summed E-state index contributed by atoms with van der Waals surface area (Å²) in [6.45, 7) is 11.8. The van der Waals surface area contributed by atoms with Crippen LogP contribution in [0.1, 0.15) is 34.1 Å². The average Bonchev–Trinajstić information content (AvgIpc) is 3.05. The average molecular weight is 358 g/mol. The SMILES string of the molecule is CC(C)CCNC(=O)n1cnc2c(N3CCO[C@H](C(C)C)C3)cccc21. The zero-order chi connectivity index (χ0) is 18.7. The Morgan fingerprint density at radius 1 is 1.35 bits per heavy atom. The molecule has 1 atom stereocenters. The molecule has 1 aromatic heterocycles. The van der Waals surface area contributed by atoms with Crippen molar-refractivity contribution in [3.05, 3.63) is 24.5 Å². The predicted molar refractivity (Wildman–Crippen MR) is 105 cm³/mol. The summed E-state index contributed by atoms with van der Waals surface area (Å²) in [5.41, 5.74) is 2.79. The van der Waals surface area contributed by atoms with E-state index < -0.39 is 0 Å². The van der Waals surface area contributed by atoms with Crippen molar-refractivity contribution < 1.29 is 9.53 Å². The molecule has 1 aromatic carbocycles. The molecule has 0 aliphatic carbocycles. The van der Waals surface area contributed by atoms with Crippen molar-refractivity contribution in [1.29, 1.82) is 0 Å². The van der Waals surface area contributed by atoms with Crippen LogP contribution in [0.3, 0.4) is 0 Å². The third kappa shape index (κ3) is 4.01. The smallest absolute Gasteiger partial charge is 0.327 e. The van der Waals surface area contributed by atoms with Gasteiger partial charge >= 0.3 is 6.03 Å². The number of carbonyl (C=O) groups is 1. The molecule has 2 aromatic rings. The zero-order valence-electron chi connectivity index (χ0n) is 16.2. The number of carbonyl (C=O) groups excluding carboxylic acids is 1. The number of rotatable bonds is 5. The summed E-state index contributed by atoms with van der Waals surface area (Å²) < 4.78 is 7.49. The van der Waals surface area contributed by atoms with Gasteiger partial charge in [-0.15, -0.1) is 0 Å². The molecular formula is C20H30N4O2. The standard InChI is InChI=1S/C20H30N4O2/c1-14(2)8-9-21-20(25)24-13-22-19-16(6-5-7-17(19)24)23-10-11-26-18(12-23)15(3)4/h5-7,13-15,18H,8-12H2,1-4H3,(H,21,25)/t18-/m0/s1. The molecule has 1 saturated heterocycles. The number of benzene rings is 1. The van der Waals surface area contributed by atoms with E-state index in [0.717, 1.165) is 42.8 Å². The van der Waals surface area contributed by atoms with E-state index in [9.17, 15) is 4.79 Å². The minimum absolute atomic E-state index is 0.118. The van der Waals surface area contributed by atoms with Crippen LogP contribution in [-0.2, 0) is 4.74 Å². The van der Waals surface area contributed by atoms with E-state index in [1.54, 1.807) is 10.9 Å². The molecule has 0 radical (unpaired) electrons. The second-order valence-corrected chi connectivity index (χ2v) is 7.77. The normalized spacial score (nSPS) is 18.1. The fourth-order valence-electron chi connectivity index (χ4n) is 3.29. The summed E-state index contributed by atoms with van der Waals surface area (Å²) in [6, 6.07) is 5.91. The second-order valence-electron chi connectivity index (χ2n) is 7.77. The van der Waals surface area contributed by atoms with Gasteiger partial charge in [-0.2, -0.15) is 0 Å². The zero-order valence-corrected chi connectivity index (χ0v) is 16.2. The Morgan fingerprint density at radius 3 is 2.88 bits per heavy atom. The van der Waals surface area contributed by atoms with Gasteiger partial charge in [0.25, 0.3) is 0 Å². The van der Waals surface area contributed by atoms with Crippen LogP contribution < -0.4 is 10.2 Å². The van der Waals surface area contributed by atoms with Crippen molar-refractivity contribution in [2.45, 2.75) is 40.2 Å². The number of morpholine rings is 1. The summed E-state index contributed by atoms with van der Waals surface area (Å²) in [6.07, 6.45) is 2.81. The predicted octanol–water partition coefficient (Wildman–Crippen LogP) is 3.50. The minimum atomic E-state index is -0.118. The number of imidazole rings is 1. The molecule has 3 rings (SSSR count). The number of anilines is 1. The molecule has 6 nitrogen and oxygen atoms in total. The maximum atomic E-state index is 12.5. The minimum Gasteiger partial charge on any atom is -0.374 e. The van der Waals surface area contributed by atoms with Crippen LogP contribution >= 0.6 is 0 Å². The first kappa shape index (κ1) is 18.7. The van der Waals surface area contributed by atoms with Gasteiger partial charge in [-0.25, -0.2) is 9.78 Å². The highest BCUT2D eigenvalue weighted by molar-refractivity contribution is 5.95. The van der Waals surface area contributed by atoms with Crippen LogP contribution in [0.15, 0.2) is 24.5 Å². The lowest BCUT2D eigenvalue weighted by molar-refractivity contribution is 0.0115. The summed E-state index contributed by atoms with van der Waals surface area (Å²) >= 11 is 0. The first-order valence-electron chi connectivity index (χ1n) is 9.58. The number of para-hydroxylation sites is 1. The van der Waals surface area contributed by atoms with Crippen LogP contribution in [0.25, 0.3) is 11.0 Å². The van der Waals surface area contributed by atoms with Crippen molar-refractivity contribution in [3.8, 4) is 0 Å². The van der Waals surface area contributed by atoms with Crippen molar-refractivity contribution in [2.75, 3.05) is 31.1 Å². The monoisotopic (exact) mass is 358 g/mol. The fourth-order valence-corrected chi connectivity index (χ4v) is 3.29. The van der Waals surface area contributed by atoms with Crippen LogP contribution in [0.4, 0.5) is 10.5 Å². The van der Waals surface area contributed by atoms with Crippen molar-refractivity contribution in [2.24, 2.45) is 11.8 Å². The van der Waals surface area contributed by atoms with Crippen LogP contribution in [0.2, 0.25) is 0 Å². The molecule has 1 aliphatic heterocycles. The number of aromatic nitrogens is 2. The molecule has 26 heavy (non-hydrogen) atoms. The summed E-state index contributed by atoms with van der Waals surface area (Å²) in [7, 11) is 0. The molecule has 0 spiro atoms. The Kier molecular flexibility index (Phi) is 5.81. The van der Waals surface area contributed by atoms with E-state index >= 15 is 0 Å². The van der Waals surface area contributed by atoms with Gasteiger partial charge in [0.2, 0.25) is 0 Å². The maximum absolute atomic E-state index is 12.5. The molecule has 1 N–H and O–H groups in total. The molecule has 1 amide bonds. The lowest BCUT2D eigenvalue weighted by atomic mass is 10.1. The van der Waals surface area contributed by atoms with E-state index in [1.165, 1.54) is 0 Å². The van der Waals surface area contributed by atoms with E-state index in [2.05, 4.69) is 49.0 Å². The third-order valence-corrected chi connectivity index (χ3v) is 4.95. The topological polar surface area (TPSA) is 59.4 Å². The second kappa shape index (κ2) is 8.08. The fraction of sp³-hybridized carbons (Fsp3) is 0.600. The van der Waals surface area contributed by atoms with E-state index in [4.69, 9.17) is 4.74 Å². The van der Waals surface area contributed by atoms with Crippen molar-refractivity contribution >= 4 is 22.8 Å². The van der Waals surface area contributed by atoms with E-state index in [1.807, 2.05) is 12.1 Å². The number of nitrogens with one attached hydrogen (secondary N) is 1. The number of hydrogen-bond acceptors (Lipinski definition) is 4. The third-order valence-electron chi connectivity index (χ3n) is 4.95. The van der Waals surface area contributed by atoms with Gasteiger partial charge in [0, 0.05) is 19.6 Å². The first-order valence-corrected chi connectivity index (χ1v) is 9.58. The molecule has 0 bridgehead atoms. The first-order chi connectivity index (χ1) is 12.5. The Labute approximate surface area is 155 Å². The molecule has 1 fully saturated rings. The van der Waals surface area contributed by atoms with Gasteiger partial charge in [0.15, 0.2) is 0 Å². The van der Waals surface area contributed by atoms with Crippen LogP contribution in [-0.4, -0.2) is 47.9 Å². The largest absolute Gasteiger partial charge is 0.374 e. The van der Waals surface area contributed by atoms with Gasteiger partial charge in [-0.3, -0.25) is 4.57 Å². The van der Waals surface area contributed by atoms with Gasteiger partial charge in [0.05, 0.1) is 23.9 Å². The van der Waals surface area contributed by atoms with E-state index in [-0.39, 0.29) is 12.1 Å². The van der Waals surface area contributed by atoms with Crippen molar-refractivity contribution in [3.63, 3.8) is 0 Å². The Balaban J connectivity index is 1.81. The Morgan fingerprint density at radius 2 is 2.15 bits per heavy atom. The summed E-state index contributed by atoms with van der Waals surface area (Å²) in [5, 5.41) is 2.98. The molecule has 0 saturated carbocycles. The molecule has 0 unspecified atom stereocenters. The number of nitrogens with zero attached hydrogens (tertiary/aromatic N) is 3. The molecule has 1 aliphatic rings. The number of hydrogen-bond donors (Lipinski definition) is 1. The lowest BCUT2D eigenvalue weighted by Gasteiger charge is -2.36. The highest BCUT2D eigenvalue weighted by Gasteiger charge is 2.25. The van der Waals surface area contributed by atoms with Gasteiger partial charge in [-0.05, 0) is 30.4 Å². The molecular weight excluding hydrogens is 328 g/mol. The van der Waals surface area contributed by atoms with Crippen LogP contribution in [0.5, 0.6) is 0 Å². The van der Waals surface area contributed by atoms with E-state index in [0.29, 0.717) is 18.4 Å². The highest BCUT2D eigenvalue weighted by Crippen LogP contribution is 2.28. The molecule has 142 valence electrons. The number of amides is 1. The summed E-state index contributed by atoms with van der Waals surface area (Å²) in [4.78, 5) is 19.4. The number of ether oxygens (including phenoxy) is 1. The summed E-state index contributed by atoms with van der Waals surface area (Å²) in [5.74, 6) is 1.04. The van der Waals surface area contributed by atoms with Gasteiger partial charge in [0.1, 0.15) is 11.8 Å². The van der Waals surface area contributed by atoms with Crippen LogP contribution in [0, 0.1) is 11.8 Å². The molecule has 6 heteroatoms. The molecule has 2 heterocycles. The lowest BCUT2D eigenvalue weighted by Crippen LogP contribution is -2.44. The van der Waals surface area contributed by atoms with Crippen molar-refractivity contribution in [1.82, 2.24) is 14.9 Å². The van der Waals surface area contributed by atoms with Gasteiger partial charge in [-0.1, -0.05) is 33.8 Å². The highest BCUT2D eigenvalue weighted by atomic mass is 16.5. The quantitative estimate of drug-likeness (QED) is 0.889. The van der Waals surface area contributed by atoms with Gasteiger partial charge < -0.3 is 15.0 Å². The Hall–Kier alpha value is -2.08. The Bertz CT molecular complexity index is 753.